The van der Waals surface area contributed by atoms with Gasteiger partial charge in [-0.2, -0.15) is 4.31 Å². The van der Waals surface area contributed by atoms with Gasteiger partial charge in [-0.05, 0) is 74.2 Å². The van der Waals surface area contributed by atoms with Crippen molar-refractivity contribution in [2.45, 2.75) is 57.3 Å². The third kappa shape index (κ3) is 6.93. The van der Waals surface area contributed by atoms with Gasteiger partial charge in [-0.15, -0.1) is 0 Å². The highest BCUT2D eigenvalue weighted by atomic mass is 32.2. The molecule has 2 aromatic rings. The van der Waals surface area contributed by atoms with Gasteiger partial charge in [0, 0.05) is 18.7 Å². The second kappa shape index (κ2) is 12.7. The quantitative estimate of drug-likeness (QED) is 0.231. The fourth-order valence-electron chi connectivity index (χ4n) is 3.83. The summed E-state index contributed by atoms with van der Waals surface area (Å²) in [5.41, 5.74) is 1.26. The van der Waals surface area contributed by atoms with Gasteiger partial charge in [0.05, 0.1) is 18.1 Å². The molecule has 1 saturated heterocycles. The maximum atomic E-state index is 12.9. The van der Waals surface area contributed by atoms with Gasteiger partial charge in [0.25, 0.3) is 0 Å². The van der Waals surface area contributed by atoms with Crippen molar-refractivity contribution in [1.29, 1.82) is 0 Å². The van der Waals surface area contributed by atoms with E-state index in [2.05, 4.69) is 6.92 Å². The summed E-state index contributed by atoms with van der Waals surface area (Å²) < 4.78 is 38.9. The topological polar surface area (TPSA) is 72.9 Å². The first-order chi connectivity index (χ1) is 16.5. The molecule has 0 amide bonds. The van der Waals surface area contributed by atoms with Crippen LogP contribution < -0.4 is 9.47 Å². The van der Waals surface area contributed by atoms with Crippen LogP contribution in [0.2, 0.25) is 0 Å². The van der Waals surface area contributed by atoms with Crippen LogP contribution in [0.1, 0.15) is 68.3 Å². The zero-order valence-electron chi connectivity index (χ0n) is 20.2. The Bertz CT molecular complexity index is 1070. The zero-order chi connectivity index (χ0) is 24.4. The summed E-state index contributed by atoms with van der Waals surface area (Å²) in [6.45, 7) is 6.28. The van der Waals surface area contributed by atoms with Crippen molar-refractivity contribution < 1.29 is 22.7 Å². The average Bonchev–Trinajstić information content (AvgIpc) is 3.14. The van der Waals surface area contributed by atoms with Crippen LogP contribution in [0, 0.1) is 0 Å². The maximum absolute atomic E-state index is 12.9. The monoisotopic (exact) mass is 485 g/mol. The van der Waals surface area contributed by atoms with E-state index in [0.717, 1.165) is 44.1 Å². The molecular formula is C27H35NO5S. The first-order valence-corrected chi connectivity index (χ1v) is 13.6. The first kappa shape index (κ1) is 26.0. The number of sulfonamides is 1. The van der Waals surface area contributed by atoms with Crippen molar-refractivity contribution >= 4 is 21.9 Å². The summed E-state index contributed by atoms with van der Waals surface area (Å²) >= 11 is 0. The number of hydrogen-bond donors (Lipinski definition) is 0. The number of allylic oxidation sites excluding steroid dienone is 1. The molecule has 0 unspecified atom stereocenters. The van der Waals surface area contributed by atoms with Crippen LogP contribution in [0.25, 0.3) is 6.08 Å². The summed E-state index contributed by atoms with van der Waals surface area (Å²) in [6, 6.07) is 11.8. The highest BCUT2D eigenvalue weighted by molar-refractivity contribution is 7.89. The van der Waals surface area contributed by atoms with Crippen molar-refractivity contribution in [2.75, 3.05) is 26.3 Å². The van der Waals surface area contributed by atoms with Crippen LogP contribution in [0.5, 0.6) is 11.5 Å². The van der Waals surface area contributed by atoms with E-state index >= 15 is 0 Å². The zero-order valence-corrected chi connectivity index (χ0v) is 21.0. The molecule has 1 heterocycles. The maximum Gasteiger partial charge on any atom is 0.243 e. The molecule has 184 valence electrons. The van der Waals surface area contributed by atoms with Crippen molar-refractivity contribution in [2.24, 2.45) is 0 Å². The van der Waals surface area contributed by atoms with Gasteiger partial charge in [-0.3, -0.25) is 4.79 Å². The molecule has 1 aliphatic heterocycles. The van der Waals surface area contributed by atoms with E-state index in [1.54, 1.807) is 22.5 Å². The van der Waals surface area contributed by atoms with Gasteiger partial charge >= 0.3 is 0 Å². The Morgan fingerprint density at radius 1 is 0.941 bits per heavy atom. The summed E-state index contributed by atoms with van der Waals surface area (Å²) in [4.78, 5) is 12.9. The molecule has 0 spiro atoms. The van der Waals surface area contributed by atoms with Crippen LogP contribution in [0.15, 0.2) is 53.4 Å². The molecule has 3 rings (SSSR count). The molecule has 6 nitrogen and oxygen atoms in total. The Hall–Kier alpha value is -2.64. The van der Waals surface area contributed by atoms with E-state index in [9.17, 15) is 13.2 Å². The lowest BCUT2D eigenvalue weighted by atomic mass is 10.1. The Balaban J connectivity index is 1.69. The highest BCUT2D eigenvalue weighted by Crippen LogP contribution is 2.29. The van der Waals surface area contributed by atoms with Crippen LogP contribution in [0.4, 0.5) is 0 Å². The van der Waals surface area contributed by atoms with Gasteiger partial charge in [0.2, 0.25) is 10.0 Å². The molecule has 1 fully saturated rings. The van der Waals surface area contributed by atoms with E-state index in [4.69, 9.17) is 9.47 Å². The lowest BCUT2D eigenvalue weighted by molar-refractivity contribution is 0.104. The molecule has 0 aliphatic carbocycles. The Labute approximate surface area is 203 Å². The van der Waals surface area contributed by atoms with Crippen LogP contribution in [-0.2, 0) is 10.0 Å². The van der Waals surface area contributed by atoms with Crippen LogP contribution >= 0.6 is 0 Å². The van der Waals surface area contributed by atoms with Crippen molar-refractivity contribution in [3.05, 3.63) is 59.7 Å². The van der Waals surface area contributed by atoms with Crippen molar-refractivity contribution in [3.8, 4) is 11.5 Å². The Kier molecular flexibility index (Phi) is 9.72. The summed E-state index contributed by atoms with van der Waals surface area (Å²) in [5.74, 6) is 1.15. The fourth-order valence-corrected chi connectivity index (χ4v) is 5.35. The molecule has 2 aromatic carbocycles. The van der Waals surface area contributed by atoms with Crippen molar-refractivity contribution in [1.82, 2.24) is 4.31 Å². The molecule has 0 aromatic heterocycles. The molecule has 0 bridgehead atoms. The number of carbonyl (C=O) groups excluding carboxylic acids is 1. The summed E-state index contributed by atoms with van der Waals surface area (Å²) in [7, 11) is -3.53. The number of rotatable bonds is 11. The number of nitrogens with zero attached hydrogens (tertiary/aromatic N) is 1. The van der Waals surface area contributed by atoms with E-state index in [1.165, 1.54) is 18.2 Å². The molecule has 0 N–H and O–H groups in total. The van der Waals surface area contributed by atoms with E-state index in [0.29, 0.717) is 43.4 Å². The molecule has 1 aliphatic rings. The Morgan fingerprint density at radius 2 is 1.65 bits per heavy atom. The standard InChI is InChI=1S/C27H35NO5S/c1-3-5-20-33-26-17-11-22(21-27(26)32-4-2)10-16-25(29)23-12-14-24(15-13-23)34(30,31)28-18-8-6-7-9-19-28/h10-17,21H,3-9,18-20H2,1-2H3. The second-order valence-corrected chi connectivity index (χ2v) is 10.3. The minimum atomic E-state index is -3.53. The molecule has 0 atom stereocenters. The number of hydrogen-bond acceptors (Lipinski definition) is 5. The van der Waals surface area contributed by atoms with E-state index in [1.807, 2.05) is 25.1 Å². The second-order valence-electron chi connectivity index (χ2n) is 8.38. The smallest absolute Gasteiger partial charge is 0.243 e. The molecular weight excluding hydrogens is 450 g/mol. The fraction of sp³-hybridized carbons (Fsp3) is 0.444. The highest BCUT2D eigenvalue weighted by Gasteiger charge is 2.25. The summed E-state index contributed by atoms with van der Waals surface area (Å²) in [5, 5.41) is 0. The molecule has 7 heteroatoms. The van der Waals surface area contributed by atoms with E-state index in [-0.39, 0.29) is 10.7 Å². The normalized spacial score (nSPS) is 15.2. The van der Waals surface area contributed by atoms with Crippen LogP contribution in [-0.4, -0.2) is 44.8 Å². The van der Waals surface area contributed by atoms with Crippen molar-refractivity contribution in [3.63, 3.8) is 0 Å². The minimum Gasteiger partial charge on any atom is -0.490 e. The molecule has 0 radical (unpaired) electrons. The molecule has 34 heavy (non-hydrogen) atoms. The largest absolute Gasteiger partial charge is 0.490 e. The van der Waals surface area contributed by atoms with Gasteiger partial charge in [0.1, 0.15) is 0 Å². The minimum absolute atomic E-state index is 0.194. The number of ketones is 1. The number of benzene rings is 2. The van der Waals surface area contributed by atoms with Gasteiger partial charge in [0.15, 0.2) is 17.3 Å². The predicted octanol–water partition coefficient (Wildman–Crippen LogP) is 5.73. The molecule has 0 saturated carbocycles. The lowest BCUT2D eigenvalue weighted by Gasteiger charge is -2.19. The lowest BCUT2D eigenvalue weighted by Crippen LogP contribution is -2.31. The number of ether oxygens (including phenoxy) is 2. The van der Waals surface area contributed by atoms with E-state index < -0.39 is 10.0 Å². The number of unbranched alkanes of at least 4 members (excludes halogenated alkanes) is 1. The third-order valence-electron chi connectivity index (χ3n) is 5.79. The van der Waals surface area contributed by atoms with Crippen LogP contribution in [0.3, 0.4) is 0 Å². The SMILES string of the molecule is CCCCOc1ccc(C=CC(=O)c2ccc(S(=O)(=O)N3CCCCCC3)cc2)cc1OCC. The number of carbonyl (C=O) groups is 1. The van der Waals surface area contributed by atoms with Gasteiger partial charge in [-0.25, -0.2) is 8.42 Å². The predicted molar refractivity (Wildman–Crippen MR) is 135 cm³/mol. The summed E-state index contributed by atoms with van der Waals surface area (Å²) in [6.07, 6.45) is 9.13. The first-order valence-electron chi connectivity index (χ1n) is 12.2. The van der Waals surface area contributed by atoms with Gasteiger partial charge in [-0.1, -0.05) is 38.3 Å². The third-order valence-corrected chi connectivity index (χ3v) is 7.70. The Morgan fingerprint density at radius 3 is 2.29 bits per heavy atom. The van der Waals surface area contributed by atoms with Gasteiger partial charge < -0.3 is 9.47 Å². The average molecular weight is 486 g/mol.